The van der Waals surface area contributed by atoms with Crippen molar-refractivity contribution in [1.29, 1.82) is 0 Å². The molecular weight excluding hydrogens is 412 g/mol. The van der Waals surface area contributed by atoms with Crippen molar-refractivity contribution in [2.75, 3.05) is 0 Å². The molecule has 0 spiro atoms. The second-order valence-corrected chi connectivity index (χ2v) is 8.59. The summed E-state index contributed by atoms with van der Waals surface area (Å²) in [5.41, 5.74) is 2.43. The average Bonchev–Trinajstić information content (AvgIpc) is 3.26. The SMILES string of the molecule is CC(C)(C)c1ccc(C(=O)N/C(=C\c2ccc(Cl)cc2)C(=O)NCc2ccco2)cc1. The van der Waals surface area contributed by atoms with Gasteiger partial charge in [0.1, 0.15) is 11.5 Å². The molecule has 0 saturated carbocycles. The molecule has 0 aliphatic rings. The third-order valence-corrected chi connectivity index (χ3v) is 4.94. The number of furan rings is 1. The van der Waals surface area contributed by atoms with Crippen LogP contribution in [0.2, 0.25) is 5.02 Å². The Morgan fingerprint density at radius 1 is 1.00 bits per heavy atom. The first-order valence-electron chi connectivity index (χ1n) is 9.92. The number of hydrogen-bond acceptors (Lipinski definition) is 3. The molecular formula is C25H25ClN2O3. The molecule has 31 heavy (non-hydrogen) atoms. The maximum absolute atomic E-state index is 12.8. The Labute approximate surface area is 187 Å². The molecule has 5 nitrogen and oxygen atoms in total. The lowest BCUT2D eigenvalue weighted by molar-refractivity contribution is -0.118. The van der Waals surface area contributed by atoms with Gasteiger partial charge >= 0.3 is 0 Å². The van der Waals surface area contributed by atoms with Crippen LogP contribution in [0.1, 0.15) is 48.0 Å². The fourth-order valence-corrected chi connectivity index (χ4v) is 3.00. The summed E-state index contributed by atoms with van der Waals surface area (Å²) in [7, 11) is 0. The Hall–Kier alpha value is -3.31. The predicted molar refractivity (Wildman–Crippen MR) is 123 cm³/mol. The zero-order valence-electron chi connectivity index (χ0n) is 17.7. The van der Waals surface area contributed by atoms with E-state index in [4.69, 9.17) is 16.0 Å². The van der Waals surface area contributed by atoms with Crippen molar-refractivity contribution < 1.29 is 14.0 Å². The van der Waals surface area contributed by atoms with Gasteiger partial charge in [0.25, 0.3) is 11.8 Å². The number of rotatable bonds is 6. The Morgan fingerprint density at radius 3 is 2.26 bits per heavy atom. The molecule has 0 atom stereocenters. The number of halogens is 1. The number of amides is 2. The van der Waals surface area contributed by atoms with E-state index in [0.29, 0.717) is 16.3 Å². The van der Waals surface area contributed by atoms with Crippen molar-refractivity contribution in [3.8, 4) is 0 Å². The van der Waals surface area contributed by atoms with E-state index >= 15 is 0 Å². The largest absolute Gasteiger partial charge is 0.467 e. The second kappa shape index (κ2) is 9.67. The van der Waals surface area contributed by atoms with Crippen LogP contribution in [0.5, 0.6) is 0 Å². The van der Waals surface area contributed by atoms with Gasteiger partial charge in [0, 0.05) is 10.6 Å². The highest BCUT2D eigenvalue weighted by Crippen LogP contribution is 2.22. The van der Waals surface area contributed by atoms with Crippen molar-refractivity contribution in [2.24, 2.45) is 0 Å². The van der Waals surface area contributed by atoms with Crippen molar-refractivity contribution >= 4 is 29.5 Å². The summed E-state index contributed by atoms with van der Waals surface area (Å²) in [6.45, 7) is 6.54. The van der Waals surface area contributed by atoms with Gasteiger partial charge in [-0.05, 0) is 59.0 Å². The van der Waals surface area contributed by atoms with Crippen LogP contribution in [-0.4, -0.2) is 11.8 Å². The van der Waals surface area contributed by atoms with Crippen LogP contribution < -0.4 is 10.6 Å². The number of carbonyl (C=O) groups excluding carboxylic acids is 2. The average molecular weight is 437 g/mol. The van der Waals surface area contributed by atoms with Crippen molar-refractivity contribution in [1.82, 2.24) is 10.6 Å². The maximum Gasteiger partial charge on any atom is 0.268 e. The number of hydrogen-bond donors (Lipinski definition) is 2. The van der Waals surface area contributed by atoms with Crippen LogP contribution >= 0.6 is 11.6 Å². The van der Waals surface area contributed by atoms with Crippen molar-refractivity contribution in [3.63, 3.8) is 0 Å². The lowest BCUT2D eigenvalue weighted by atomic mass is 9.87. The van der Waals surface area contributed by atoms with E-state index in [0.717, 1.165) is 11.1 Å². The minimum atomic E-state index is -0.425. The first-order chi connectivity index (χ1) is 14.7. The summed E-state index contributed by atoms with van der Waals surface area (Å²) < 4.78 is 5.25. The first kappa shape index (κ1) is 22.4. The number of nitrogens with one attached hydrogen (secondary N) is 2. The highest BCUT2D eigenvalue weighted by Gasteiger charge is 2.17. The number of benzene rings is 2. The number of carbonyl (C=O) groups is 2. The van der Waals surface area contributed by atoms with E-state index in [-0.39, 0.29) is 23.6 Å². The second-order valence-electron chi connectivity index (χ2n) is 8.15. The molecule has 0 radical (unpaired) electrons. The van der Waals surface area contributed by atoms with Crippen molar-refractivity contribution in [2.45, 2.75) is 32.7 Å². The fraction of sp³-hybridized carbons (Fsp3) is 0.200. The minimum Gasteiger partial charge on any atom is -0.467 e. The molecule has 0 unspecified atom stereocenters. The van der Waals surface area contributed by atoms with E-state index < -0.39 is 5.91 Å². The van der Waals surface area contributed by atoms with Gasteiger partial charge in [-0.15, -0.1) is 0 Å². The lowest BCUT2D eigenvalue weighted by Gasteiger charge is -2.19. The standard InChI is InChI=1S/C25H25ClN2O3/c1-25(2,3)19-10-8-18(9-11-19)23(29)28-22(15-17-6-12-20(26)13-7-17)24(30)27-16-21-5-4-14-31-21/h4-15H,16H2,1-3H3,(H,27,30)(H,28,29)/b22-15-. The van der Waals surface area contributed by atoms with E-state index in [9.17, 15) is 9.59 Å². The van der Waals surface area contributed by atoms with E-state index in [1.165, 1.54) is 6.26 Å². The molecule has 2 aromatic carbocycles. The van der Waals surface area contributed by atoms with Gasteiger partial charge in [-0.3, -0.25) is 9.59 Å². The molecule has 0 aliphatic carbocycles. The third kappa shape index (κ3) is 6.33. The monoisotopic (exact) mass is 436 g/mol. The van der Waals surface area contributed by atoms with E-state index in [1.54, 1.807) is 54.6 Å². The van der Waals surface area contributed by atoms with Gasteiger partial charge in [-0.1, -0.05) is 56.6 Å². The third-order valence-electron chi connectivity index (χ3n) is 4.69. The van der Waals surface area contributed by atoms with Crippen LogP contribution in [-0.2, 0) is 16.8 Å². The predicted octanol–water partition coefficient (Wildman–Crippen LogP) is 5.32. The van der Waals surface area contributed by atoms with Crippen LogP contribution in [0.25, 0.3) is 6.08 Å². The molecule has 3 rings (SSSR count). The van der Waals surface area contributed by atoms with E-state index in [2.05, 4.69) is 31.4 Å². The summed E-state index contributed by atoms with van der Waals surface area (Å²) in [5, 5.41) is 6.08. The summed E-state index contributed by atoms with van der Waals surface area (Å²) in [4.78, 5) is 25.6. The zero-order chi connectivity index (χ0) is 22.4. The van der Waals surface area contributed by atoms with Gasteiger partial charge in [-0.2, -0.15) is 0 Å². The van der Waals surface area contributed by atoms with Gasteiger partial charge in [0.2, 0.25) is 0 Å². The molecule has 3 aromatic rings. The van der Waals surface area contributed by atoms with Gasteiger partial charge in [-0.25, -0.2) is 0 Å². The molecule has 0 saturated heterocycles. The van der Waals surface area contributed by atoms with Gasteiger partial charge < -0.3 is 15.1 Å². The maximum atomic E-state index is 12.8. The summed E-state index contributed by atoms with van der Waals surface area (Å²) in [5.74, 6) is -0.178. The normalized spacial score (nSPS) is 11.8. The smallest absolute Gasteiger partial charge is 0.268 e. The summed E-state index contributed by atoms with van der Waals surface area (Å²) in [6, 6.07) is 17.9. The van der Waals surface area contributed by atoms with Gasteiger partial charge in [0.05, 0.1) is 12.8 Å². The van der Waals surface area contributed by atoms with Crippen LogP contribution in [0.15, 0.2) is 77.0 Å². The quantitative estimate of drug-likeness (QED) is 0.514. The van der Waals surface area contributed by atoms with Crippen LogP contribution in [0.3, 0.4) is 0 Å². The molecule has 0 fully saturated rings. The Morgan fingerprint density at radius 2 is 1.68 bits per heavy atom. The summed E-state index contributed by atoms with van der Waals surface area (Å²) in [6.07, 6.45) is 3.14. The molecule has 0 aliphatic heterocycles. The molecule has 1 heterocycles. The fourth-order valence-electron chi connectivity index (χ4n) is 2.88. The highest BCUT2D eigenvalue weighted by molar-refractivity contribution is 6.30. The molecule has 2 N–H and O–H groups in total. The van der Waals surface area contributed by atoms with Crippen LogP contribution in [0.4, 0.5) is 0 Å². The van der Waals surface area contributed by atoms with Crippen LogP contribution in [0, 0.1) is 0 Å². The molecule has 0 bridgehead atoms. The summed E-state index contributed by atoms with van der Waals surface area (Å²) >= 11 is 5.95. The molecule has 2 amide bonds. The Bertz CT molecular complexity index is 1060. The molecule has 6 heteroatoms. The lowest BCUT2D eigenvalue weighted by Crippen LogP contribution is -2.34. The first-order valence-corrected chi connectivity index (χ1v) is 10.3. The Kier molecular flexibility index (Phi) is 6.98. The zero-order valence-corrected chi connectivity index (χ0v) is 18.5. The van der Waals surface area contributed by atoms with Gasteiger partial charge in [0.15, 0.2) is 0 Å². The van der Waals surface area contributed by atoms with Crippen molar-refractivity contribution in [3.05, 3.63) is 100 Å². The minimum absolute atomic E-state index is 0.0135. The van der Waals surface area contributed by atoms with E-state index in [1.807, 2.05) is 12.1 Å². The topological polar surface area (TPSA) is 71.3 Å². The molecule has 160 valence electrons. The Balaban J connectivity index is 1.80. The highest BCUT2D eigenvalue weighted by atomic mass is 35.5. The molecule has 1 aromatic heterocycles.